The molecular formula is C18H28N2O2S. The van der Waals surface area contributed by atoms with Gasteiger partial charge < -0.3 is 10.6 Å². The van der Waals surface area contributed by atoms with E-state index in [1.807, 2.05) is 45.0 Å². The zero-order valence-electron chi connectivity index (χ0n) is 14.5. The highest BCUT2D eigenvalue weighted by Gasteiger charge is 2.25. The Kier molecular flexibility index (Phi) is 5.98. The molecule has 1 saturated heterocycles. The van der Waals surface area contributed by atoms with Crippen molar-refractivity contribution in [1.29, 1.82) is 0 Å². The van der Waals surface area contributed by atoms with Crippen molar-refractivity contribution in [2.24, 2.45) is 5.92 Å². The van der Waals surface area contributed by atoms with Crippen molar-refractivity contribution in [2.45, 2.75) is 57.1 Å². The normalized spacial score (nSPS) is 23.3. The van der Waals surface area contributed by atoms with E-state index in [2.05, 4.69) is 17.6 Å². The van der Waals surface area contributed by atoms with E-state index in [0.29, 0.717) is 11.8 Å². The molecule has 1 aliphatic heterocycles. The van der Waals surface area contributed by atoms with Gasteiger partial charge in [-0.2, -0.15) is 0 Å². The van der Waals surface area contributed by atoms with E-state index in [4.69, 9.17) is 0 Å². The van der Waals surface area contributed by atoms with E-state index >= 15 is 0 Å². The number of carbonyl (C=O) groups is 1. The monoisotopic (exact) mass is 336 g/mol. The van der Waals surface area contributed by atoms with Gasteiger partial charge in [-0.3, -0.25) is 9.00 Å². The Morgan fingerprint density at radius 1 is 1.39 bits per heavy atom. The first-order chi connectivity index (χ1) is 10.8. The minimum absolute atomic E-state index is 0.0682. The first-order valence-corrected chi connectivity index (χ1v) is 9.59. The molecule has 2 N–H and O–H groups in total. The molecule has 0 aliphatic carbocycles. The highest BCUT2D eigenvalue weighted by molar-refractivity contribution is 7.85. The summed E-state index contributed by atoms with van der Waals surface area (Å²) in [4.78, 5) is 12.4. The third-order valence-electron chi connectivity index (χ3n) is 4.17. The van der Waals surface area contributed by atoms with E-state index in [1.165, 1.54) is 0 Å². The number of hydrogen-bond donors (Lipinski definition) is 2. The lowest BCUT2D eigenvalue weighted by atomic mass is 9.92. The predicted octanol–water partition coefficient (Wildman–Crippen LogP) is 3.06. The summed E-state index contributed by atoms with van der Waals surface area (Å²) in [7, 11) is -0.939. The maximum atomic E-state index is 12.4. The van der Waals surface area contributed by atoms with E-state index in [0.717, 1.165) is 30.6 Å². The number of amides is 1. The van der Waals surface area contributed by atoms with Gasteiger partial charge in [0.05, 0.1) is 0 Å². The van der Waals surface area contributed by atoms with Crippen LogP contribution in [0.3, 0.4) is 0 Å². The molecule has 1 amide bonds. The Morgan fingerprint density at radius 2 is 2.13 bits per heavy atom. The second kappa shape index (κ2) is 7.58. The molecule has 2 rings (SSSR count). The van der Waals surface area contributed by atoms with Crippen LogP contribution in [0.25, 0.3) is 0 Å². The Bertz CT molecular complexity index is 581. The lowest BCUT2D eigenvalue weighted by molar-refractivity contribution is -0.120. The smallest absolute Gasteiger partial charge is 0.227 e. The molecule has 1 fully saturated rings. The minimum Gasteiger partial charge on any atom is -0.326 e. The van der Waals surface area contributed by atoms with Gasteiger partial charge >= 0.3 is 0 Å². The first-order valence-electron chi connectivity index (χ1n) is 8.27. The fraction of sp³-hybridized carbons (Fsp3) is 0.611. The molecule has 0 bridgehead atoms. The lowest BCUT2D eigenvalue weighted by Gasteiger charge is -2.27. The molecule has 1 unspecified atom stereocenters. The Morgan fingerprint density at radius 3 is 2.78 bits per heavy atom. The van der Waals surface area contributed by atoms with Crippen molar-refractivity contribution in [3.8, 4) is 0 Å². The second-order valence-electron chi connectivity index (χ2n) is 7.37. The topological polar surface area (TPSA) is 58.2 Å². The zero-order valence-corrected chi connectivity index (χ0v) is 15.3. The third-order valence-corrected chi connectivity index (χ3v) is 6.13. The highest BCUT2D eigenvalue weighted by Crippen LogP contribution is 2.21. The maximum Gasteiger partial charge on any atom is 0.227 e. The van der Waals surface area contributed by atoms with Crippen molar-refractivity contribution in [3.63, 3.8) is 0 Å². The van der Waals surface area contributed by atoms with E-state index < -0.39 is 10.8 Å². The molecular weight excluding hydrogens is 308 g/mol. The summed E-state index contributed by atoms with van der Waals surface area (Å²) < 4.78 is 12.0. The summed E-state index contributed by atoms with van der Waals surface area (Å²) in [6.45, 7) is 8.94. The molecule has 3 atom stereocenters. The number of rotatable bonds is 4. The largest absolute Gasteiger partial charge is 0.326 e. The summed E-state index contributed by atoms with van der Waals surface area (Å²) in [5.41, 5.74) is 1.79. The predicted molar refractivity (Wildman–Crippen MR) is 96.9 cm³/mol. The first kappa shape index (κ1) is 18.1. The molecule has 0 radical (unpaired) electrons. The summed E-state index contributed by atoms with van der Waals surface area (Å²) in [5.74, 6) is 0.670. The molecule has 128 valence electrons. The molecule has 0 aromatic heterocycles. The van der Waals surface area contributed by atoms with Crippen LogP contribution < -0.4 is 10.6 Å². The van der Waals surface area contributed by atoms with E-state index in [9.17, 15) is 9.00 Å². The number of nitrogens with one attached hydrogen (secondary N) is 2. The number of anilines is 1. The fourth-order valence-electron chi connectivity index (χ4n) is 2.72. The van der Waals surface area contributed by atoms with Gasteiger partial charge in [0, 0.05) is 38.9 Å². The molecule has 1 aromatic rings. The summed E-state index contributed by atoms with van der Waals surface area (Å²) in [6.07, 6.45) is 1.75. The van der Waals surface area contributed by atoms with Crippen LogP contribution in [0.5, 0.6) is 0 Å². The Hall–Kier alpha value is -1.20. The Balaban J connectivity index is 1.99. The van der Waals surface area contributed by atoms with Crippen LogP contribution in [-0.4, -0.2) is 27.4 Å². The van der Waals surface area contributed by atoms with Crippen molar-refractivity contribution in [3.05, 3.63) is 29.8 Å². The van der Waals surface area contributed by atoms with Crippen molar-refractivity contribution >= 4 is 22.4 Å². The number of benzene rings is 1. The molecule has 23 heavy (non-hydrogen) atoms. The summed E-state index contributed by atoms with van der Waals surface area (Å²) >= 11 is 0. The van der Waals surface area contributed by atoms with Gasteiger partial charge in [0.25, 0.3) is 0 Å². The van der Waals surface area contributed by atoms with Crippen LogP contribution in [0, 0.1) is 5.92 Å². The molecule has 5 heteroatoms. The molecule has 0 saturated carbocycles. The second-order valence-corrected chi connectivity index (χ2v) is 9.57. The lowest BCUT2D eigenvalue weighted by Crippen LogP contribution is -2.40. The average molecular weight is 337 g/mol. The number of carbonyl (C=O) groups excluding carboxylic acids is 1. The SMILES string of the molecule is C[C@H]1C[C@@H](C(=O)Nc2cccc(CS(=O)C(C)(C)C)c2)CCN1. The van der Waals surface area contributed by atoms with Gasteiger partial charge in [-0.15, -0.1) is 0 Å². The average Bonchev–Trinajstić information content (AvgIpc) is 2.46. The van der Waals surface area contributed by atoms with Crippen molar-refractivity contribution in [1.82, 2.24) is 5.32 Å². The van der Waals surface area contributed by atoms with Crippen LogP contribution in [-0.2, 0) is 21.3 Å². The fourth-order valence-corrected chi connectivity index (χ4v) is 3.64. The van der Waals surface area contributed by atoms with Crippen molar-refractivity contribution < 1.29 is 9.00 Å². The van der Waals surface area contributed by atoms with E-state index in [1.54, 1.807) is 0 Å². The van der Waals surface area contributed by atoms with E-state index in [-0.39, 0.29) is 16.6 Å². The molecule has 1 heterocycles. The van der Waals surface area contributed by atoms with Gasteiger partial charge in [-0.05, 0) is 64.8 Å². The van der Waals surface area contributed by atoms with Crippen LogP contribution in [0.4, 0.5) is 5.69 Å². The van der Waals surface area contributed by atoms with Gasteiger partial charge in [-0.25, -0.2) is 0 Å². The summed E-state index contributed by atoms with van der Waals surface area (Å²) in [6, 6.07) is 8.10. The maximum absolute atomic E-state index is 12.4. The van der Waals surface area contributed by atoms with Crippen LogP contribution in [0.1, 0.15) is 46.1 Å². The standard InChI is InChI=1S/C18H28N2O2S/c1-13-10-15(8-9-19-13)17(21)20-16-7-5-6-14(11-16)12-23(22)18(2,3)4/h5-7,11,13,15,19H,8-10,12H2,1-4H3,(H,20,21)/t13-,15-,23?/m0/s1. The quantitative estimate of drug-likeness (QED) is 0.888. The summed E-state index contributed by atoms with van der Waals surface area (Å²) in [5, 5.41) is 6.38. The number of hydrogen-bond acceptors (Lipinski definition) is 3. The van der Waals surface area contributed by atoms with Crippen LogP contribution in [0.2, 0.25) is 0 Å². The van der Waals surface area contributed by atoms with Gasteiger partial charge in [0.1, 0.15) is 0 Å². The van der Waals surface area contributed by atoms with Crippen molar-refractivity contribution in [2.75, 3.05) is 11.9 Å². The van der Waals surface area contributed by atoms with Crippen LogP contribution in [0.15, 0.2) is 24.3 Å². The minimum atomic E-state index is -0.939. The van der Waals surface area contributed by atoms with Crippen LogP contribution >= 0.6 is 0 Å². The van der Waals surface area contributed by atoms with Gasteiger partial charge in [0.15, 0.2) is 0 Å². The molecule has 1 aliphatic rings. The highest BCUT2D eigenvalue weighted by atomic mass is 32.2. The van der Waals surface area contributed by atoms with Gasteiger partial charge in [-0.1, -0.05) is 12.1 Å². The Labute approximate surface area is 141 Å². The molecule has 1 aromatic carbocycles. The van der Waals surface area contributed by atoms with Gasteiger partial charge in [0.2, 0.25) is 5.91 Å². The molecule has 0 spiro atoms. The third kappa shape index (κ3) is 5.43. The number of piperidine rings is 1. The zero-order chi connectivity index (χ0) is 17.0. The molecule has 4 nitrogen and oxygen atoms in total.